The Bertz CT molecular complexity index is 291. The van der Waals surface area contributed by atoms with Crippen LogP contribution in [0.1, 0.15) is 33.6 Å². The van der Waals surface area contributed by atoms with E-state index in [0.717, 1.165) is 19.5 Å². The van der Waals surface area contributed by atoms with Gasteiger partial charge in [0, 0.05) is 19.0 Å². The first-order valence-electron chi connectivity index (χ1n) is 6.08. The van der Waals surface area contributed by atoms with Gasteiger partial charge < -0.3 is 16.0 Å². The Morgan fingerprint density at radius 3 is 2.47 bits per heavy atom. The first kappa shape index (κ1) is 14.0. The zero-order chi connectivity index (χ0) is 13.1. The van der Waals surface area contributed by atoms with Crippen LogP contribution in [-0.2, 0) is 9.59 Å². The summed E-state index contributed by atoms with van der Waals surface area (Å²) >= 11 is 0. The molecule has 0 aromatic heterocycles. The highest BCUT2D eigenvalue weighted by Crippen LogP contribution is 2.21. The predicted octanol–water partition coefficient (Wildman–Crippen LogP) is 0.0984. The van der Waals surface area contributed by atoms with E-state index >= 15 is 0 Å². The molecule has 1 heterocycles. The van der Waals surface area contributed by atoms with Crippen LogP contribution in [0.25, 0.3) is 0 Å². The molecule has 0 saturated carbocycles. The second-order valence-corrected chi connectivity index (χ2v) is 5.87. The third-order valence-electron chi connectivity index (χ3n) is 2.80. The molecule has 1 saturated heterocycles. The number of hydrogen-bond acceptors (Lipinski definition) is 3. The molecule has 1 rings (SSSR count). The van der Waals surface area contributed by atoms with E-state index in [0.29, 0.717) is 6.42 Å². The summed E-state index contributed by atoms with van der Waals surface area (Å²) in [4.78, 5) is 24.8. The van der Waals surface area contributed by atoms with Crippen LogP contribution < -0.4 is 11.1 Å². The van der Waals surface area contributed by atoms with Gasteiger partial charge in [-0.3, -0.25) is 9.59 Å². The molecule has 0 radical (unpaired) electrons. The van der Waals surface area contributed by atoms with Crippen molar-refractivity contribution in [2.75, 3.05) is 19.6 Å². The van der Waals surface area contributed by atoms with Gasteiger partial charge in [0.15, 0.2) is 0 Å². The number of primary amides is 1. The molecular formula is C12H23N3O2. The summed E-state index contributed by atoms with van der Waals surface area (Å²) in [7, 11) is 0. The van der Waals surface area contributed by atoms with E-state index in [-0.39, 0.29) is 23.9 Å². The van der Waals surface area contributed by atoms with E-state index < -0.39 is 5.91 Å². The molecular weight excluding hydrogens is 218 g/mol. The zero-order valence-corrected chi connectivity index (χ0v) is 11.0. The van der Waals surface area contributed by atoms with Crippen molar-refractivity contribution in [2.24, 2.45) is 11.1 Å². The van der Waals surface area contributed by atoms with Gasteiger partial charge in [-0.05, 0) is 18.4 Å². The second-order valence-electron chi connectivity index (χ2n) is 5.87. The summed E-state index contributed by atoms with van der Waals surface area (Å²) in [5, 5.41) is 3.20. The lowest BCUT2D eigenvalue weighted by atomic mass is 9.91. The monoisotopic (exact) mass is 241 g/mol. The van der Waals surface area contributed by atoms with Crippen LogP contribution in [0.3, 0.4) is 0 Å². The SMILES string of the molecule is CC(C)(C)CC(=O)N(CC(N)=O)C1CCNC1. The Morgan fingerprint density at radius 1 is 1.41 bits per heavy atom. The molecule has 1 fully saturated rings. The van der Waals surface area contributed by atoms with Crippen LogP contribution >= 0.6 is 0 Å². The molecule has 5 heteroatoms. The van der Waals surface area contributed by atoms with Crippen LogP contribution in [0.5, 0.6) is 0 Å². The summed E-state index contributed by atoms with van der Waals surface area (Å²) in [6, 6.07) is 0.109. The third-order valence-corrected chi connectivity index (χ3v) is 2.80. The quantitative estimate of drug-likeness (QED) is 0.733. The largest absolute Gasteiger partial charge is 0.368 e. The van der Waals surface area contributed by atoms with Gasteiger partial charge in [0.05, 0.1) is 6.54 Å². The number of rotatable bonds is 4. The highest BCUT2D eigenvalue weighted by Gasteiger charge is 2.29. The minimum absolute atomic E-state index is 0.0185. The maximum atomic E-state index is 12.2. The number of nitrogens with two attached hydrogens (primary N) is 1. The van der Waals surface area contributed by atoms with Gasteiger partial charge in [-0.25, -0.2) is 0 Å². The molecule has 0 aromatic carbocycles. The summed E-state index contributed by atoms with van der Waals surface area (Å²) in [6.45, 7) is 7.72. The van der Waals surface area contributed by atoms with Crippen LogP contribution in [0.15, 0.2) is 0 Å². The number of carbonyl (C=O) groups excluding carboxylic acids is 2. The van der Waals surface area contributed by atoms with Gasteiger partial charge in [-0.1, -0.05) is 20.8 Å². The first-order chi connectivity index (χ1) is 7.79. The Balaban J connectivity index is 2.67. The highest BCUT2D eigenvalue weighted by atomic mass is 16.2. The fraction of sp³-hybridized carbons (Fsp3) is 0.833. The predicted molar refractivity (Wildman–Crippen MR) is 66.3 cm³/mol. The molecule has 2 amide bonds. The maximum Gasteiger partial charge on any atom is 0.237 e. The minimum Gasteiger partial charge on any atom is -0.368 e. The van der Waals surface area contributed by atoms with Crippen molar-refractivity contribution in [3.63, 3.8) is 0 Å². The zero-order valence-electron chi connectivity index (χ0n) is 11.0. The number of nitrogens with zero attached hydrogens (tertiary/aromatic N) is 1. The van der Waals surface area contributed by atoms with Crippen LogP contribution in [-0.4, -0.2) is 42.4 Å². The maximum absolute atomic E-state index is 12.2. The fourth-order valence-corrected chi connectivity index (χ4v) is 2.05. The molecule has 0 bridgehead atoms. The Hall–Kier alpha value is -1.10. The third kappa shape index (κ3) is 4.73. The van der Waals surface area contributed by atoms with Crippen molar-refractivity contribution >= 4 is 11.8 Å². The van der Waals surface area contributed by atoms with Crippen molar-refractivity contribution in [2.45, 2.75) is 39.7 Å². The van der Waals surface area contributed by atoms with Gasteiger partial charge in [-0.15, -0.1) is 0 Å². The Labute approximate surface area is 103 Å². The molecule has 1 atom stereocenters. The van der Waals surface area contributed by atoms with E-state index in [9.17, 15) is 9.59 Å². The minimum atomic E-state index is -0.445. The molecule has 98 valence electrons. The molecule has 17 heavy (non-hydrogen) atoms. The fourth-order valence-electron chi connectivity index (χ4n) is 2.05. The molecule has 0 aliphatic carbocycles. The molecule has 0 aromatic rings. The van der Waals surface area contributed by atoms with Crippen molar-refractivity contribution in [1.82, 2.24) is 10.2 Å². The Kier molecular flexibility index (Phi) is 4.51. The molecule has 1 aliphatic heterocycles. The van der Waals surface area contributed by atoms with E-state index in [4.69, 9.17) is 5.73 Å². The highest BCUT2D eigenvalue weighted by molar-refractivity contribution is 5.84. The summed E-state index contributed by atoms with van der Waals surface area (Å²) in [5.74, 6) is -0.427. The van der Waals surface area contributed by atoms with Crippen LogP contribution in [0.4, 0.5) is 0 Å². The molecule has 3 N–H and O–H groups in total. The van der Waals surface area contributed by atoms with Gasteiger partial charge >= 0.3 is 0 Å². The van der Waals surface area contributed by atoms with Gasteiger partial charge in [0.2, 0.25) is 11.8 Å². The summed E-state index contributed by atoms with van der Waals surface area (Å²) in [5.41, 5.74) is 5.14. The number of amides is 2. The van der Waals surface area contributed by atoms with E-state index in [1.54, 1.807) is 4.90 Å². The van der Waals surface area contributed by atoms with E-state index in [1.807, 2.05) is 20.8 Å². The van der Waals surface area contributed by atoms with Gasteiger partial charge in [-0.2, -0.15) is 0 Å². The van der Waals surface area contributed by atoms with E-state index in [1.165, 1.54) is 0 Å². The van der Waals surface area contributed by atoms with Gasteiger partial charge in [0.25, 0.3) is 0 Å². The normalized spacial score (nSPS) is 20.3. The average Bonchev–Trinajstić information content (AvgIpc) is 2.63. The lowest BCUT2D eigenvalue weighted by Crippen LogP contribution is -2.47. The van der Waals surface area contributed by atoms with Crippen LogP contribution in [0.2, 0.25) is 0 Å². The smallest absolute Gasteiger partial charge is 0.237 e. The van der Waals surface area contributed by atoms with Gasteiger partial charge in [0.1, 0.15) is 0 Å². The van der Waals surface area contributed by atoms with E-state index in [2.05, 4.69) is 5.32 Å². The molecule has 1 aliphatic rings. The number of hydrogen-bond donors (Lipinski definition) is 2. The van der Waals surface area contributed by atoms with Crippen molar-refractivity contribution in [1.29, 1.82) is 0 Å². The number of nitrogens with one attached hydrogen (secondary N) is 1. The molecule has 0 spiro atoms. The Morgan fingerprint density at radius 2 is 2.06 bits per heavy atom. The summed E-state index contributed by atoms with van der Waals surface area (Å²) < 4.78 is 0. The molecule has 1 unspecified atom stereocenters. The molecule has 5 nitrogen and oxygen atoms in total. The topological polar surface area (TPSA) is 75.4 Å². The van der Waals surface area contributed by atoms with Crippen LogP contribution in [0, 0.1) is 5.41 Å². The summed E-state index contributed by atoms with van der Waals surface area (Å²) in [6.07, 6.45) is 1.33. The van der Waals surface area contributed by atoms with Crippen molar-refractivity contribution in [3.8, 4) is 0 Å². The van der Waals surface area contributed by atoms with Crippen molar-refractivity contribution < 1.29 is 9.59 Å². The second kappa shape index (κ2) is 5.49. The average molecular weight is 241 g/mol. The first-order valence-corrected chi connectivity index (χ1v) is 6.08. The lowest BCUT2D eigenvalue weighted by molar-refractivity contribution is -0.138. The van der Waals surface area contributed by atoms with Crippen molar-refractivity contribution in [3.05, 3.63) is 0 Å². The lowest BCUT2D eigenvalue weighted by Gasteiger charge is -2.30. The number of carbonyl (C=O) groups is 2. The standard InChI is InChI=1S/C12H23N3O2/c1-12(2,3)6-11(17)15(8-10(13)16)9-4-5-14-7-9/h9,14H,4-8H2,1-3H3,(H2,13,16).